The number of nitrogens with one attached hydrogen (secondary N) is 2. The molecule has 0 aromatic heterocycles. The molecule has 1 aliphatic heterocycles. The molecule has 0 saturated carbocycles. The Bertz CT molecular complexity index is 880. The normalized spacial score (nSPS) is 15.7. The minimum atomic E-state index is -0.347. The highest BCUT2D eigenvalue weighted by molar-refractivity contribution is 5.95. The van der Waals surface area contributed by atoms with Crippen LogP contribution in [0.2, 0.25) is 0 Å². The first-order chi connectivity index (χ1) is 14.6. The van der Waals surface area contributed by atoms with Crippen LogP contribution in [0.15, 0.2) is 42.5 Å². The van der Waals surface area contributed by atoms with E-state index in [0.29, 0.717) is 35.1 Å². The van der Waals surface area contributed by atoms with Gasteiger partial charge in [-0.15, -0.1) is 0 Å². The van der Waals surface area contributed by atoms with Crippen LogP contribution in [-0.4, -0.2) is 51.9 Å². The zero-order valence-electron chi connectivity index (χ0n) is 17.1. The van der Waals surface area contributed by atoms with E-state index in [0.717, 1.165) is 19.4 Å². The molecule has 0 bridgehead atoms. The number of amides is 2. The summed E-state index contributed by atoms with van der Waals surface area (Å²) in [6.45, 7) is 1.03. The van der Waals surface area contributed by atoms with E-state index in [1.807, 2.05) is 6.07 Å². The third-order valence-corrected chi connectivity index (χ3v) is 4.66. The molecule has 8 nitrogen and oxygen atoms in total. The van der Waals surface area contributed by atoms with Gasteiger partial charge in [-0.05, 0) is 43.2 Å². The van der Waals surface area contributed by atoms with Crippen LogP contribution in [0, 0.1) is 0 Å². The number of methoxy groups -OCH3 is 2. The summed E-state index contributed by atoms with van der Waals surface area (Å²) in [5, 5.41) is 5.70. The summed E-state index contributed by atoms with van der Waals surface area (Å²) >= 11 is 0. The van der Waals surface area contributed by atoms with Crippen molar-refractivity contribution in [1.82, 2.24) is 5.32 Å². The summed E-state index contributed by atoms with van der Waals surface area (Å²) in [7, 11) is 3.01. The predicted molar refractivity (Wildman–Crippen MR) is 111 cm³/mol. The molecule has 2 aromatic rings. The Balaban J connectivity index is 1.59. The van der Waals surface area contributed by atoms with Gasteiger partial charge in [0, 0.05) is 12.2 Å². The molecule has 0 radical (unpaired) electrons. The second kappa shape index (κ2) is 10.5. The lowest BCUT2D eigenvalue weighted by Crippen LogP contribution is -2.40. The molecule has 2 aromatic carbocycles. The molecule has 3 rings (SSSR count). The zero-order chi connectivity index (χ0) is 21.3. The van der Waals surface area contributed by atoms with Crippen molar-refractivity contribution in [1.29, 1.82) is 0 Å². The van der Waals surface area contributed by atoms with Crippen LogP contribution in [0.1, 0.15) is 23.2 Å². The van der Waals surface area contributed by atoms with Crippen molar-refractivity contribution in [3.63, 3.8) is 0 Å². The number of ether oxygens (including phenoxy) is 4. The van der Waals surface area contributed by atoms with Gasteiger partial charge in [0.2, 0.25) is 0 Å². The van der Waals surface area contributed by atoms with Crippen LogP contribution in [-0.2, 0) is 9.53 Å². The lowest BCUT2D eigenvalue weighted by atomic mass is 10.1. The van der Waals surface area contributed by atoms with E-state index in [1.54, 1.807) is 36.4 Å². The number of hydrogen-bond donors (Lipinski definition) is 2. The Hall–Kier alpha value is -3.26. The maximum absolute atomic E-state index is 12.5. The maximum atomic E-state index is 12.5. The van der Waals surface area contributed by atoms with Gasteiger partial charge in [-0.1, -0.05) is 12.1 Å². The van der Waals surface area contributed by atoms with Crippen molar-refractivity contribution in [2.75, 3.05) is 39.4 Å². The Labute approximate surface area is 175 Å². The summed E-state index contributed by atoms with van der Waals surface area (Å²) in [4.78, 5) is 24.7. The summed E-state index contributed by atoms with van der Waals surface area (Å²) in [6.07, 6.45) is 1.82. The Kier molecular flexibility index (Phi) is 7.51. The lowest BCUT2D eigenvalue weighted by molar-refractivity contribution is -0.118. The van der Waals surface area contributed by atoms with Gasteiger partial charge in [-0.3, -0.25) is 9.59 Å². The van der Waals surface area contributed by atoms with E-state index in [2.05, 4.69) is 10.6 Å². The molecule has 0 aliphatic carbocycles. The smallest absolute Gasteiger partial charge is 0.262 e. The number of benzene rings is 2. The molecule has 0 spiro atoms. The molecule has 1 fully saturated rings. The van der Waals surface area contributed by atoms with E-state index in [4.69, 9.17) is 18.9 Å². The lowest BCUT2D eigenvalue weighted by Gasteiger charge is -2.23. The number of carbonyl (C=O) groups excluding carboxylic acids is 2. The van der Waals surface area contributed by atoms with Crippen molar-refractivity contribution in [3.05, 3.63) is 48.0 Å². The molecule has 1 unspecified atom stereocenters. The second-order valence-electron chi connectivity index (χ2n) is 6.79. The van der Waals surface area contributed by atoms with Crippen LogP contribution >= 0.6 is 0 Å². The molecule has 8 heteroatoms. The van der Waals surface area contributed by atoms with Gasteiger partial charge in [-0.2, -0.15) is 0 Å². The molecule has 1 saturated heterocycles. The monoisotopic (exact) mass is 414 g/mol. The van der Waals surface area contributed by atoms with Crippen molar-refractivity contribution in [2.45, 2.75) is 18.9 Å². The fourth-order valence-electron chi connectivity index (χ4n) is 3.13. The van der Waals surface area contributed by atoms with E-state index >= 15 is 0 Å². The van der Waals surface area contributed by atoms with Gasteiger partial charge in [0.1, 0.15) is 5.75 Å². The molecule has 2 N–H and O–H groups in total. The van der Waals surface area contributed by atoms with E-state index in [9.17, 15) is 9.59 Å². The third-order valence-electron chi connectivity index (χ3n) is 4.66. The van der Waals surface area contributed by atoms with Crippen LogP contribution in [0.4, 0.5) is 5.69 Å². The summed E-state index contributed by atoms with van der Waals surface area (Å²) < 4.78 is 21.5. The minimum absolute atomic E-state index is 0.00634. The quantitative estimate of drug-likeness (QED) is 0.690. The first kappa shape index (κ1) is 21.4. The SMILES string of the molecule is COc1ccccc1NC(=O)COc1ccc(C(=O)NC2CCCOC2)cc1OC. The zero-order valence-corrected chi connectivity index (χ0v) is 17.1. The third kappa shape index (κ3) is 5.64. The van der Waals surface area contributed by atoms with Gasteiger partial charge in [0.25, 0.3) is 11.8 Å². The Morgan fingerprint density at radius 2 is 1.87 bits per heavy atom. The standard InChI is InChI=1S/C22H26N2O6/c1-27-18-8-4-3-7-17(18)24-21(25)14-30-19-10-9-15(12-20(19)28-2)22(26)23-16-6-5-11-29-13-16/h3-4,7-10,12,16H,5-6,11,13-14H2,1-2H3,(H,23,26)(H,24,25). The van der Waals surface area contributed by atoms with Gasteiger partial charge in [0.15, 0.2) is 18.1 Å². The van der Waals surface area contributed by atoms with Gasteiger partial charge >= 0.3 is 0 Å². The Morgan fingerprint density at radius 3 is 2.60 bits per heavy atom. The molecular formula is C22H26N2O6. The van der Waals surface area contributed by atoms with Crippen LogP contribution in [0.25, 0.3) is 0 Å². The second-order valence-corrected chi connectivity index (χ2v) is 6.79. The number of hydrogen-bond acceptors (Lipinski definition) is 6. The maximum Gasteiger partial charge on any atom is 0.262 e. The van der Waals surface area contributed by atoms with E-state index in [1.165, 1.54) is 14.2 Å². The molecule has 1 aliphatic rings. The van der Waals surface area contributed by atoms with Crippen molar-refractivity contribution < 1.29 is 28.5 Å². The van der Waals surface area contributed by atoms with E-state index < -0.39 is 0 Å². The number of para-hydroxylation sites is 2. The molecule has 2 amide bonds. The molecular weight excluding hydrogens is 388 g/mol. The highest BCUT2D eigenvalue weighted by atomic mass is 16.5. The molecule has 30 heavy (non-hydrogen) atoms. The van der Waals surface area contributed by atoms with Crippen molar-refractivity contribution in [3.8, 4) is 17.2 Å². The fraction of sp³-hybridized carbons (Fsp3) is 0.364. The number of carbonyl (C=O) groups is 2. The molecule has 160 valence electrons. The van der Waals surface area contributed by atoms with Crippen molar-refractivity contribution >= 4 is 17.5 Å². The largest absolute Gasteiger partial charge is 0.495 e. The first-order valence-electron chi connectivity index (χ1n) is 9.73. The van der Waals surface area contributed by atoms with Crippen LogP contribution < -0.4 is 24.8 Å². The number of anilines is 1. The van der Waals surface area contributed by atoms with Gasteiger partial charge in [0.05, 0.1) is 32.6 Å². The molecule has 1 atom stereocenters. The average Bonchev–Trinajstić information content (AvgIpc) is 2.78. The topological polar surface area (TPSA) is 95.1 Å². The summed E-state index contributed by atoms with van der Waals surface area (Å²) in [6, 6.07) is 11.9. The predicted octanol–water partition coefficient (Wildman–Crippen LogP) is 2.63. The first-order valence-corrected chi connectivity index (χ1v) is 9.73. The van der Waals surface area contributed by atoms with Crippen molar-refractivity contribution in [2.24, 2.45) is 0 Å². The number of rotatable bonds is 8. The molecule has 1 heterocycles. The highest BCUT2D eigenvalue weighted by Gasteiger charge is 2.18. The fourth-order valence-corrected chi connectivity index (χ4v) is 3.13. The average molecular weight is 414 g/mol. The van der Waals surface area contributed by atoms with Gasteiger partial charge in [-0.25, -0.2) is 0 Å². The van der Waals surface area contributed by atoms with Crippen LogP contribution in [0.5, 0.6) is 17.2 Å². The Morgan fingerprint density at radius 1 is 1.07 bits per heavy atom. The van der Waals surface area contributed by atoms with Crippen LogP contribution in [0.3, 0.4) is 0 Å². The van der Waals surface area contributed by atoms with E-state index in [-0.39, 0.29) is 24.5 Å². The minimum Gasteiger partial charge on any atom is -0.495 e. The highest BCUT2D eigenvalue weighted by Crippen LogP contribution is 2.28. The summed E-state index contributed by atoms with van der Waals surface area (Å²) in [5.41, 5.74) is 1.00. The summed E-state index contributed by atoms with van der Waals surface area (Å²) in [5.74, 6) is 0.741. The van der Waals surface area contributed by atoms with Gasteiger partial charge < -0.3 is 29.6 Å².